The van der Waals surface area contributed by atoms with Gasteiger partial charge in [0.1, 0.15) is 5.75 Å². The smallest absolute Gasteiger partial charge is 0.260 e. The monoisotopic (exact) mass is 518 g/mol. The number of hydrogen-bond acceptors (Lipinski definition) is 5. The lowest BCUT2D eigenvalue weighted by atomic mass is 10.2. The van der Waals surface area contributed by atoms with E-state index in [1.54, 1.807) is 17.4 Å². The highest BCUT2D eigenvalue weighted by Crippen LogP contribution is 2.36. The van der Waals surface area contributed by atoms with Crippen LogP contribution in [-0.2, 0) is 6.54 Å². The Morgan fingerprint density at radius 3 is 2.65 bits per heavy atom. The van der Waals surface area contributed by atoms with Gasteiger partial charge in [-0.2, -0.15) is 0 Å². The first-order valence-corrected chi connectivity index (χ1v) is 12.3. The average Bonchev–Trinajstić information content (AvgIpc) is 3.50. The lowest BCUT2D eigenvalue weighted by Gasteiger charge is -2.20. The molecular formula is C25H28Cl2N4O2S. The van der Waals surface area contributed by atoms with Crippen molar-refractivity contribution in [1.29, 1.82) is 0 Å². The van der Waals surface area contributed by atoms with Gasteiger partial charge in [-0.3, -0.25) is 9.69 Å². The van der Waals surface area contributed by atoms with E-state index in [1.807, 2.05) is 54.1 Å². The van der Waals surface area contributed by atoms with Crippen molar-refractivity contribution in [1.82, 2.24) is 14.5 Å². The van der Waals surface area contributed by atoms with Crippen LogP contribution in [0.25, 0.3) is 10.2 Å². The third-order valence-corrected chi connectivity index (χ3v) is 6.93. The molecule has 0 atom stereocenters. The number of anilines is 1. The molecule has 0 aliphatic heterocycles. The highest BCUT2D eigenvalue weighted by Gasteiger charge is 2.22. The van der Waals surface area contributed by atoms with Crippen LogP contribution in [0, 0.1) is 6.92 Å². The van der Waals surface area contributed by atoms with Gasteiger partial charge in [-0.15, -0.1) is 12.4 Å². The molecule has 34 heavy (non-hydrogen) atoms. The Morgan fingerprint density at radius 1 is 1.18 bits per heavy atom. The third kappa shape index (κ3) is 6.09. The fourth-order valence-electron chi connectivity index (χ4n) is 3.50. The van der Waals surface area contributed by atoms with Crippen LogP contribution in [0.3, 0.4) is 0 Å². The molecule has 6 nitrogen and oxygen atoms in total. The van der Waals surface area contributed by atoms with E-state index >= 15 is 0 Å². The zero-order chi connectivity index (χ0) is 23.2. The maximum Gasteiger partial charge on any atom is 0.260 e. The first-order valence-electron chi connectivity index (χ1n) is 11.1. The second-order valence-electron chi connectivity index (χ2n) is 7.88. The maximum atomic E-state index is 13.6. The minimum absolute atomic E-state index is 0. The van der Waals surface area contributed by atoms with Crippen molar-refractivity contribution >= 4 is 56.6 Å². The van der Waals surface area contributed by atoms with E-state index in [4.69, 9.17) is 21.3 Å². The molecule has 0 aliphatic rings. The number of hydrogen-bond donors (Lipinski definition) is 0. The van der Waals surface area contributed by atoms with Crippen molar-refractivity contribution in [2.45, 2.75) is 39.7 Å². The molecule has 1 amide bonds. The van der Waals surface area contributed by atoms with Gasteiger partial charge in [0.15, 0.2) is 5.13 Å². The van der Waals surface area contributed by atoms with Crippen molar-refractivity contribution < 1.29 is 9.53 Å². The number of fused-ring (bicyclic) bond motifs is 1. The van der Waals surface area contributed by atoms with Gasteiger partial charge in [-0.1, -0.05) is 42.3 Å². The minimum Gasteiger partial charge on any atom is -0.494 e. The molecule has 0 fully saturated rings. The second-order valence-corrected chi connectivity index (χ2v) is 9.26. The van der Waals surface area contributed by atoms with Gasteiger partial charge in [0.05, 0.1) is 28.2 Å². The lowest BCUT2D eigenvalue weighted by Crippen LogP contribution is -2.32. The van der Waals surface area contributed by atoms with Gasteiger partial charge in [0, 0.05) is 31.0 Å². The van der Waals surface area contributed by atoms with Crippen LogP contribution in [0.2, 0.25) is 5.02 Å². The van der Waals surface area contributed by atoms with Crippen LogP contribution in [0.5, 0.6) is 5.75 Å². The number of imidazole rings is 1. The van der Waals surface area contributed by atoms with Crippen LogP contribution in [0.4, 0.5) is 5.13 Å². The summed E-state index contributed by atoms with van der Waals surface area (Å²) in [6, 6.07) is 11.2. The van der Waals surface area contributed by atoms with E-state index in [9.17, 15) is 4.79 Å². The summed E-state index contributed by atoms with van der Waals surface area (Å²) in [5.74, 6) is 0.683. The molecule has 4 aromatic rings. The fraction of sp³-hybridized carbons (Fsp3) is 0.320. The van der Waals surface area contributed by atoms with Gasteiger partial charge in [0.25, 0.3) is 5.91 Å². The van der Waals surface area contributed by atoms with Crippen molar-refractivity contribution in [3.8, 4) is 5.75 Å². The van der Waals surface area contributed by atoms with Gasteiger partial charge < -0.3 is 9.30 Å². The highest BCUT2D eigenvalue weighted by molar-refractivity contribution is 7.23. The number of nitrogens with zero attached hydrogens (tertiary/aromatic N) is 4. The molecule has 0 bridgehead atoms. The van der Waals surface area contributed by atoms with Gasteiger partial charge in [0.2, 0.25) is 0 Å². The Morgan fingerprint density at radius 2 is 1.97 bits per heavy atom. The Hall–Kier alpha value is -2.61. The van der Waals surface area contributed by atoms with E-state index in [2.05, 4.69) is 11.9 Å². The molecule has 4 rings (SSSR count). The Bertz CT molecular complexity index is 1170. The van der Waals surface area contributed by atoms with E-state index < -0.39 is 0 Å². The van der Waals surface area contributed by atoms with E-state index in [1.165, 1.54) is 11.3 Å². The van der Waals surface area contributed by atoms with Crippen molar-refractivity contribution in [3.05, 3.63) is 71.3 Å². The lowest BCUT2D eigenvalue weighted by molar-refractivity contribution is 0.0986. The molecule has 0 saturated carbocycles. The number of benzene rings is 2. The zero-order valence-electron chi connectivity index (χ0n) is 19.2. The summed E-state index contributed by atoms with van der Waals surface area (Å²) in [5.41, 5.74) is 2.48. The summed E-state index contributed by atoms with van der Waals surface area (Å²) in [6.07, 6.45) is 8.31. The SMILES string of the molecule is CCCCOc1ccc(C(=O)N(CCCn2ccnc2)c2nc3c(C)ccc(Cl)c3s2)cc1.Cl. The molecule has 180 valence electrons. The summed E-state index contributed by atoms with van der Waals surface area (Å²) in [6.45, 7) is 6.10. The quantitative estimate of drug-likeness (QED) is 0.217. The van der Waals surface area contributed by atoms with Gasteiger partial charge in [-0.25, -0.2) is 9.97 Å². The number of aryl methyl sites for hydroxylation is 2. The molecule has 9 heteroatoms. The third-order valence-electron chi connectivity index (χ3n) is 5.39. The zero-order valence-corrected chi connectivity index (χ0v) is 21.6. The van der Waals surface area contributed by atoms with Crippen LogP contribution in [0.1, 0.15) is 42.1 Å². The first kappa shape index (κ1) is 26.0. The number of unbranched alkanes of at least 4 members (excludes halogenated alkanes) is 1. The number of aromatic nitrogens is 3. The van der Waals surface area contributed by atoms with E-state index in [-0.39, 0.29) is 18.3 Å². The Balaban J connectivity index is 0.00000324. The average molecular weight is 519 g/mol. The summed E-state index contributed by atoms with van der Waals surface area (Å²) >= 11 is 7.88. The van der Waals surface area contributed by atoms with Crippen LogP contribution in [-0.4, -0.2) is 33.6 Å². The fourth-order valence-corrected chi connectivity index (χ4v) is 4.85. The molecular weight excluding hydrogens is 491 g/mol. The number of amides is 1. The van der Waals surface area contributed by atoms with Crippen LogP contribution >= 0.6 is 35.3 Å². The summed E-state index contributed by atoms with van der Waals surface area (Å²) in [5, 5.41) is 1.30. The molecule has 0 saturated heterocycles. The number of carbonyl (C=O) groups is 1. The Labute approximate surface area is 215 Å². The predicted octanol–water partition coefficient (Wildman–Crippen LogP) is 6.79. The molecule has 0 aliphatic carbocycles. The van der Waals surface area contributed by atoms with Crippen molar-refractivity contribution in [3.63, 3.8) is 0 Å². The maximum absolute atomic E-state index is 13.6. The molecule has 2 aromatic carbocycles. The largest absolute Gasteiger partial charge is 0.494 e. The van der Waals surface area contributed by atoms with E-state index in [0.717, 1.165) is 47.3 Å². The predicted molar refractivity (Wildman–Crippen MR) is 142 cm³/mol. The van der Waals surface area contributed by atoms with Crippen LogP contribution < -0.4 is 9.64 Å². The molecule has 0 unspecified atom stereocenters. The number of rotatable bonds is 10. The molecule has 2 aromatic heterocycles. The highest BCUT2D eigenvalue weighted by atomic mass is 35.5. The Kier molecular flexibility index (Phi) is 9.33. The minimum atomic E-state index is -0.0893. The molecule has 0 N–H and O–H groups in total. The standard InChI is InChI=1S/C25H27ClN4O2S.ClH/c1-3-4-16-32-20-9-7-19(8-10-20)24(31)30(14-5-13-29-15-12-27-17-29)25-28-22-18(2)6-11-21(26)23(22)33-25;/h6-12,15,17H,3-5,13-14,16H2,1-2H3;1H. The first-order chi connectivity index (χ1) is 16.1. The number of halogens is 2. The molecule has 0 spiro atoms. The number of thiazole rings is 1. The molecule has 0 radical (unpaired) electrons. The second kappa shape index (κ2) is 12.2. The van der Waals surface area contributed by atoms with E-state index in [0.29, 0.717) is 28.9 Å². The van der Waals surface area contributed by atoms with Crippen LogP contribution in [0.15, 0.2) is 55.1 Å². The van der Waals surface area contributed by atoms with Gasteiger partial charge >= 0.3 is 0 Å². The summed E-state index contributed by atoms with van der Waals surface area (Å²) in [7, 11) is 0. The number of ether oxygens (including phenoxy) is 1. The topological polar surface area (TPSA) is 60.2 Å². The van der Waals surface area contributed by atoms with Gasteiger partial charge in [-0.05, 0) is 55.7 Å². The van der Waals surface area contributed by atoms with Crippen molar-refractivity contribution in [2.24, 2.45) is 0 Å². The normalized spacial score (nSPS) is 10.8. The molecule has 2 heterocycles. The summed E-state index contributed by atoms with van der Waals surface area (Å²) < 4.78 is 8.65. The van der Waals surface area contributed by atoms with Crippen molar-refractivity contribution in [2.75, 3.05) is 18.1 Å². The summed E-state index contributed by atoms with van der Waals surface area (Å²) in [4.78, 5) is 24.2. The number of carbonyl (C=O) groups excluding carboxylic acids is 1.